The van der Waals surface area contributed by atoms with Gasteiger partial charge in [0.05, 0.1) is 28.3 Å². The molecule has 0 atom stereocenters. The number of carbonyl (C=O) groups excluding carboxylic acids is 1. The topological polar surface area (TPSA) is 79.2 Å². The molecule has 0 bridgehead atoms. The zero-order chi connectivity index (χ0) is 23.8. The maximum Gasteiger partial charge on any atom is 0.335 e. The van der Waals surface area contributed by atoms with Gasteiger partial charge in [-0.05, 0) is 54.1 Å². The van der Waals surface area contributed by atoms with Crippen LogP contribution in [0.25, 0.3) is 16.2 Å². The molecule has 0 saturated carbocycles. The van der Waals surface area contributed by atoms with Gasteiger partial charge in [0, 0.05) is 10.1 Å². The second kappa shape index (κ2) is 8.78. The molecule has 1 amide bonds. The van der Waals surface area contributed by atoms with E-state index in [2.05, 4.69) is 4.99 Å². The summed E-state index contributed by atoms with van der Waals surface area (Å²) in [6.07, 6.45) is 1.64. The highest BCUT2D eigenvalue weighted by molar-refractivity contribution is 7.21. The van der Waals surface area contributed by atoms with E-state index < -0.39 is 5.97 Å². The van der Waals surface area contributed by atoms with Gasteiger partial charge in [0.1, 0.15) is 11.4 Å². The number of ether oxygens (including phenoxy) is 1. The fraction of sp³-hybridized carbons (Fsp3) is 0.0385. The van der Waals surface area contributed by atoms with Crippen LogP contribution in [0.15, 0.2) is 83.5 Å². The predicted molar refractivity (Wildman–Crippen MR) is 135 cm³/mol. The molecule has 1 N–H and O–H groups in total. The summed E-state index contributed by atoms with van der Waals surface area (Å²) in [5.74, 6) is -0.213. The molecule has 0 saturated heterocycles. The van der Waals surface area contributed by atoms with Gasteiger partial charge in [-0.15, -0.1) is 11.3 Å². The van der Waals surface area contributed by atoms with Gasteiger partial charge in [0.15, 0.2) is 5.84 Å². The van der Waals surface area contributed by atoms with Gasteiger partial charge < -0.3 is 9.84 Å². The van der Waals surface area contributed by atoms with Gasteiger partial charge in [0.25, 0.3) is 5.91 Å². The lowest BCUT2D eigenvalue weighted by atomic mass is 10.1. The number of halogens is 1. The van der Waals surface area contributed by atoms with E-state index in [-0.39, 0.29) is 17.2 Å². The Labute approximate surface area is 204 Å². The number of rotatable bonds is 5. The predicted octanol–water partition coefficient (Wildman–Crippen LogP) is 6.10. The zero-order valence-corrected chi connectivity index (χ0v) is 19.4. The quantitative estimate of drug-likeness (QED) is 0.344. The number of amides is 1. The van der Waals surface area contributed by atoms with E-state index in [0.717, 1.165) is 10.1 Å². The van der Waals surface area contributed by atoms with Gasteiger partial charge in [-0.1, -0.05) is 41.9 Å². The summed E-state index contributed by atoms with van der Waals surface area (Å²) in [4.78, 5) is 31.6. The zero-order valence-electron chi connectivity index (χ0n) is 17.9. The Balaban J connectivity index is 1.63. The number of hydrogen-bond acceptors (Lipinski definition) is 5. The minimum absolute atomic E-state index is 0.168. The molecule has 0 fully saturated rings. The largest absolute Gasteiger partial charge is 0.497 e. The number of aliphatic imine (C=N–C) groups is 1. The number of fused-ring (bicyclic) bond motifs is 1. The standard InChI is InChI=1S/C26H17ClN2O4S/c1-33-18-12-10-17(11-13-18)29-24(23-22(27)19-4-2-3-5-21(19)34-23)28-20(25(29)30)14-15-6-8-16(9-7-15)26(31)32/h2-14H,1H3,(H,31,32)/b20-14+. The molecule has 1 aromatic heterocycles. The van der Waals surface area contributed by atoms with Crippen LogP contribution in [0.2, 0.25) is 5.02 Å². The minimum Gasteiger partial charge on any atom is -0.497 e. The molecular formula is C26H17ClN2O4S. The molecule has 4 aromatic rings. The number of hydrogen-bond donors (Lipinski definition) is 1. The Kier molecular flexibility index (Phi) is 5.65. The van der Waals surface area contributed by atoms with Crippen molar-refractivity contribution < 1.29 is 19.4 Å². The van der Waals surface area contributed by atoms with Crippen molar-refractivity contribution in [2.75, 3.05) is 12.0 Å². The van der Waals surface area contributed by atoms with Crippen molar-refractivity contribution in [2.24, 2.45) is 4.99 Å². The molecule has 3 aromatic carbocycles. The molecule has 168 valence electrons. The number of carboxylic acids is 1. The molecule has 0 spiro atoms. The highest BCUT2D eigenvalue weighted by atomic mass is 35.5. The summed E-state index contributed by atoms with van der Waals surface area (Å²) in [7, 11) is 1.58. The Morgan fingerprint density at radius 1 is 1.06 bits per heavy atom. The van der Waals surface area contributed by atoms with Crippen LogP contribution in [0.5, 0.6) is 5.75 Å². The first-order chi connectivity index (χ1) is 16.5. The van der Waals surface area contributed by atoms with E-state index in [1.807, 2.05) is 24.3 Å². The number of methoxy groups -OCH3 is 1. The highest BCUT2D eigenvalue weighted by Crippen LogP contribution is 2.39. The number of benzene rings is 3. The highest BCUT2D eigenvalue weighted by Gasteiger charge is 2.35. The molecule has 1 aliphatic heterocycles. The second-order valence-corrected chi connectivity index (χ2v) is 8.90. The number of thiophene rings is 1. The summed E-state index contributed by atoms with van der Waals surface area (Å²) in [6, 6.07) is 21.2. The van der Waals surface area contributed by atoms with E-state index in [1.54, 1.807) is 49.6 Å². The van der Waals surface area contributed by atoms with Gasteiger partial charge in [-0.25, -0.2) is 9.79 Å². The van der Waals surface area contributed by atoms with E-state index in [0.29, 0.717) is 32.7 Å². The van der Waals surface area contributed by atoms with Crippen molar-refractivity contribution >= 4 is 62.5 Å². The molecule has 34 heavy (non-hydrogen) atoms. The first kappa shape index (κ1) is 21.9. The Morgan fingerprint density at radius 2 is 1.76 bits per heavy atom. The number of carbonyl (C=O) groups is 2. The number of nitrogens with zero attached hydrogens (tertiary/aromatic N) is 2. The lowest BCUT2D eigenvalue weighted by Gasteiger charge is -2.18. The minimum atomic E-state index is -1.01. The molecule has 0 unspecified atom stereocenters. The first-order valence-corrected chi connectivity index (χ1v) is 11.5. The van der Waals surface area contributed by atoms with Crippen molar-refractivity contribution in [3.8, 4) is 5.75 Å². The Hall–Kier alpha value is -3.94. The SMILES string of the molecule is COc1ccc(N2C(=O)/C(=C\c3ccc(C(=O)O)cc3)N=C2c2sc3ccccc3c2Cl)cc1. The van der Waals surface area contributed by atoms with Crippen LogP contribution in [0.4, 0.5) is 5.69 Å². The Morgan fingerprint density at radius 3 is 2.41 bits per heavy atom. The molecule has 1 aliphatic rings. The van der Waals surface area contributed by atoms with E-state index >= 15 is 0 Å². The lowest BCUT2D eigenvalue weighted by molar-refractivity contribution is -0.113. The van der Waals surface area contributed by atoms with Crippen molar-refractivity contribution in [1.82, 2.24) is 0 Å². The molecule has 2 heterocycles. The molecule has 6 nitrogen and oxygen atoms in total. The van der Waals surface area contributed by atoms with Crippen LogP contribution < -0.4 is 9.64 Å². The first-order valence-electron chi connectivity index (χ1n) is 10.3. The lowest BCUT2D eigenvalue weighted by Crippen LogP contribution is -2.32. The van der Waals surface area contributed by atoms with E-state index in [4.69, 9.17) is 21.4 Å². The van der Waals surface area contributed by atoms with Crippen LogP contribution in [-0.4, -0.2) is 29.9 Å². The van der Waals surface area contributed by atoms with Crippen LogP contribution in [0.3, 0.4) is 0 Å². The number of amidine groups is 1. The monoisotopic (exact) mass is 488 g/mol. The van der Waals surface area contributed by atoms with Crippen molar-refractivity contribution in [1.29, 1.82) is 0 Å². The van der Waals surface area contributed by atoms with Crippen molar-refractivity contribution in [3.05, 3.63) is 99.5 Å². The summed E-state index contributed by atoms with van der Waals surface area (Å²) < 4.78 is 6.24. The normalized spacial score (nSPS) is 14.6. The molecular weight excluding hydrogens is 472 g/mol. The van der Waals surface area contributed by atoms with E-state index in [1.165, 1.54) is 28.4 Å². The maximum absolute atomic E-state index is 13.5. The summed E-state index contributed by atoms with van der Waals surface area (Å²) in [5, 5.41) is 10.6. The average molecular weight is 489 g/mol. The van der Waals surface area contributed by atoms with Gasteiger partial charge in [0.2, 0.25) is 0 Å². The third-order valence-electron chi connectivity index (χ3n) is 5.39. The third-order valence-corrected chi connectivity index (χ3v) is 7.06. The molecule has 8 heteroatoms. The van der Waals surface area contributed by atoms with Crippen molar-refractivity contribution in [3.63, 3.8) is 0 Å². The molecule has 5 rings (SSSR count). The van der Waals surface area contributed by atoms with Crippen LogP contribution in [0, 0.1) is 0 Å². The third kappa shape index (κ3) is 3.85. The fourth-order valence-corrected chi connectivity index (χ4v) is 5.17. The number of anilines is 1. The van der Waals surface area contributed by atoms with Gasteiger partial charge >= 0.3 is 5.97 Å². The molecule has 0 aliphatic carbocycles. The van der Waals surface area contributed by atoms with Crippen LogP contribution >= 0.6 is 22.9 Å². The summed E-state index contributed by atoms with van der Waals surface area (Å²) in [6.45, 7) is 0. The summed E-state index contributed by atoms with van der Waals surface area (Å²) >= 11 is 8.21. The van der Waals surface area contributed by atoms with E-state index in [9.17, 15) is 9.59 Å². The summed E-state index contributed by atoms with van der Waals surface area (Å²) in [5.41, 5.74) is 1.68. The maximum atomic E-state index is 13.5. The van der Waals surface area contributed by atoms with Crippen LogP contribution in [0.1, 0.15) is 20.8 Å². The van der Waals surface area contributed by atoms with Crippen molar-refractivity contribution in [2.45, 2.75) is 0 Å². The number of carboxylic acid groups (broad SMARTS) is 1. The number of aromatic carboxylic acids is 1. The fourth-order valence-electron chi connectivity index (χ4n) is 3.68. The van der Waals surface area contributed by atoms with Gasteiger partial charge in [-0.3, -0.25) is 9.69 Å². The molecule has 0 radical (unpaired) electrons. The Bertz CT molecular complexity index is 1490. The average Bonchev–Trinajstić information content (AvgIpc) is 3.36. The van der Waals surface area contributed by atoms with Gasteiger partial charge in [-0.2, -0.15) is 0 Å². The van der Waals surface area contributed by atoms with Crippen LogP contribution in [-0.2, 0) is 4.79 Å². The second-order valence-electron chi connectivity index (χ2n) is 7.47. The smallest absolute Gasteiger partial charge is 0.335 e.